The van der Waals surface area contributed by atoms with Crippen LogP contribution in [0.2, 0.25) is 0 Å². The van der Waals surface area contributed by atoms with Crippen molar-refractivity contribution in [3.05, 3.63) is 21.1 Å². The second-order valence-electron chi connectivity index (χ2n) is 2.49. The zero-order valence-corrected chi connectivity index (χ0v) is 9.31. The van der Waals surface area contributed by atoms with Gasteiger partial charge in [-0.3, -0.25) is 0 Å². The van der Waals surface area contributed by atoms with Crippen LogP contribution in [-0.2, 0) is 0 Å². The summed E-state index contributed by atoms with van der Waals surface area (Å²) in [6, 6.07) is 0.496. The van der Waals surface area contributed by atoms with E-state index in [1.165, 1.54) is 22.6 Å². The summed E-state index contributed by atoms with van der Waals surface area (Å²) >= 11 is 1.34. The van der Waals surface area contributed by atoms with E-state index in [2.05, 4.69) is 9.72 Å². The molecule has 0 aromatic carbocycles. The number of alkyl halides is 5. The minimum atomic E-state index is -5.18. The Morgan fingerprint density at radius 2 is 1.88 bits per heavy atom. The topological polar surface area (TPSA) is 22.1 Å². The summed E-state index contributed by atoms with van der Waals surface area (Å²) in [4.78, 5) is 2.78. The van der Waals surface area contributed by atoms with E-state index in [4.69, 9.17) is 0 Å². The predicted molar refractivity (Wildman–Crippen MR) is 48.6 cm³/mol. The Bertz CT molecular complexity index is 393. The third kappa shape index (κ3) is 3.39. The van der Waals surface area contributed by atoms with Gasteiger partial charge in [-0.1, -0.05) is 0 Å². The number of hydrogen-bond donors (Lipinski definition) is 0. The zero-order valence-electron chi connectivity index (χ0n) is 7.16. The zero-order chi connectivity index (χ0) is 12.5. The lowest BCUT2D eigenvalue weighted by atomic mass is 10.3. The molecule has 16 heavy (non-hydrogen) atoms. The molecule has 0 atom stereocenters. The maximum Gasteiger partial charge on any atom is 0.574 e. The van der Waals surface area contributed by atoms with Gasteiger partial charge in [0, 0.05) is 3.57 Å². The Morgan fingerprint density at radius 1 is 1.31 bits per heavy atom. The summed E-state index contributed by atoms with van der Waals surface area (Å²) in [7, 11) is 0. The van der Waals surface area contributed by atoms with E-state index in [1.54, 1.807) is 0 Å². The van der Waals surface area contributed by atoms with Crippen LogP contribution in [0.25, 0.3) is 0 Å². The fourth-order valence-corrected chi connectivity index (χ4v) is 1.43. The van der Waals surface area contributed by atoms with Gasteiger partial charge in [-0.15, -0.1) is 13.2 Å². The van der Waals surface area contributed by atoms with Crippen molar-refractivity contribution in [3.63, 3.8) is 0 Å². The van der Waals surface area contributed by atoms with E-state index in [1.807, 2.05) is 0 Å². The average molecular weight is 357 g/mol. The van der Waals surface area contributed by atoms with Crippen LogP contribution in [0.15, 0.2) is 6.07 Å². The Kier molecular flexibility index (Phi) is 3.86. The number of rotatable bonds is 2. The van der Waals surface area contributed by atoms with Gasteiger partial charge in [0.15, 0.2) is 5.82 Å². The first kappa shape index (κ1) is 13.3. The molecule has 0 saturated carbocycles. The van der Waals surface area contributed by atoms with Gasteiger partial charge in [0.25, 0.3) is 12.3 Å². The van der Waals surface area contributed by atoms with Crippen molar-refractivity contribution in [3.8, 4) is 5.88 Å². The first-order chi connectivity index (χ1) is 7.20. The summed E-state index contributed by atoms with van der Waals surface area (Å²) in [5, 5.41) is 0. The lowest BCUT2D eigenvalue weighted by Gasteiger charge is -2.10. The van der Waals surface area contributed by atoms with Crippen LogP contribution in [0, 0.1) is 9.39 Å². The van der Waals surface area contributed by atoms with E-state index in [0.29, 0.717) is 6.07 Å². The highest BCUT2D eigenvalue weighted by Crippen LogP contribution is 2.29. The van der Waals surface area contributed by atoms with Crippen LogP contribution >= 0.6 is 22.6 Å². The molecule has 1 rings (SSSR count). The molecular weight excluding hydrogens is 355 g/mol. The molecule has 0 bridgehead atoms. The lowest BCUT2D eigenvalue weighted by Crippen LogP contribution is -2.19. The van der Waals surface area contributed by atoms with Crippen LogP contribution < -0.4 is 4.74 Å². The van der Waals surface area contributed by atoms with Gasteiger partial charge in [0.05, 0.1) is 0 Å². The Hall–Kier alpha value is -0.740. The van der Waals surface area contributed by atoms with Gasteiger partial charge in [-0.25, -0.2) is 18.2 Å². The van der Waals surface area contributed by atoms with E-state index in [9.17, 15) is 26.3 Å². The normalized spacial score (nSPS) is 12.0. The van der Waals surface area contributed by atoms with Crippen molar-refractivity contribution in [1.82, 2.24) is 4.98 Å². The summed E-state index contributed by atoms with van der Waals surface area (Å²) in [5.41, 5.74) is -0.957. The largest absolute Gasteiger partial charge is 0.574 e. The second kappa shape index (κ2) is 4.63. The molecule has 1 heterocycles. The van der Waals surface area contributed by atoms with Crippen molar-refractivity contribution in [1.29, 1.82) is 0 Å². The van der Waals surface area contributed by atoms with Crippen molar-refractivity contribution in [2.75, 3.05) is 0 Å². The maximum absolute atomic E-state index is 12.9. The number of ether oxygens (including phenoxy) is 1. The quantitative estimate of drug-likeness (QED) is 0.596. The fraction of sp³-hybridized carbons (Fsp3) is 0.286. The Labute approximate surface area is 98.7 Å². The van der Waals surface area contributed by atoms with Crippen LogP contribution in [0.5, 0.6) is 5.88 Å². The molecule has 0 spiro atoms. The standard InChI is InChI=1S/C7H2F6INO/c8-2-1-3(14)4(5(9)10)15-6(2)16-7(11,12)13/h1,5H. The SMILES string of the molecule is Fc1cc(I)c(C(F)F)nc1OC(F)(F)F. The van der Waals surface area contributed by atoms with E-state index in [0.717, 1.165) is 0 Å². The Morgan fingerprint density at radius 3 is 2.31 bits per heavy atom. The number of halogens is 7. The minimum absolute atomic E-state index is 0.278. The van der Waals surface area contributed by atoms with Crippen molar-refractivity contribution in [2.24, 2.45) is 0 Å². The molecule has 0 unspecified atom stereocenters. The molecule has 0 N–H and O–H groups in total. The maximum atomic E-state index is 12.9. The first-order valence-corrected chi connectivity index (χ1v) is 4.68. The highest BCUT2D eigenvalue weighted by molar-refractivity contribution is 14.1. The van der Waals surface area contributed by atoms with Crippen LogP contribution in [0.3, 0.4) is 0 Å². The number of hydrogen-bond acceptors (Lipinski definition) is 2. The van der Waals surface area contributed by atoms with Gasteiger partial charge in [-0.2, -0.15) is 0 Å². The molecule has 0 saturated heterocycles. The van der Waals surface area contributed by atoms with Crippen LogP contribution in [0.4, 0.5) is 26.3 Å². The van der Waals surface area contributed by atoms with Gasteiger partial charge >= 0.3 is 6.36 Å². The third-order valence-electron chi connectivity index (χ3n) is 1.34. The van der Waals surface area contributed by atoms with E-state index >= 15 is 0 Å². The van der Waals surface area contributed by atoms with Gasteiger partial charge < -0.3 is 4.74 Å². The number of aromatic nitrogens is 1. The molecule has 0 aliphatic heterocycles. The molecule has 9 heteroatoms. The third-order valence-corrected chi connectivity index (χ3v) is 2.21. The summed E-state index contributed by atoms with van der Waals surface area (Å²) < 4.78 is 75.5. The summed E-state index contributed by atoms with van der Waals surface area (Å²) in [6.45, 7) is 0. The minimum Gasteiger partial charge on any atom is -0.385 e. The van der Waals surface area contributed by atoms with Crippen molar-refractivity contribution in [2.45, 2.75) is 12.8 Å². The molecular formula is C7H2F6INO. The van der Waals surface area contributed by atoms with E-state index < -0.39 is 30.2 Å². The molecule has 0 aliphatic carbocycles. The van der Waals surface area contributed by atoms with E-state index in [-0.39, 0.29) is 3.57 Å². The smallest absolute Gasteiger partial charge is 0.385 e. The molecule has 0 aliphatic rings. The first-order valence-electron chi connectivity index (χ1n) is 3.60. The molecule has 90 valence electrons. The monoisotopic (exact) mass is 357 g/mol. The van der Waals surface area contributed by atoms with Crippen LogP contribution in [-0.4, -0.2) is 11.3 Å². The predicted octanol–water partition coefficient (Wildman–Crippen LogP) is 3.66. The molecule has 1 aromatic rings. The average Bonchev–Trinajstić information content (AvgIpc) is 2.07. The molecule has 0 fully saturated rings. The summed E-state index contributed by atoms with van der Waals surface area (Å²) in [6.07, 6.45) is -8.29. The highest BCUT2D eigenvalue weighted by atomic mass is 127. The molecule has 2 nitrogen and oxygen atoms in total. The van der Waals surface area contributed by atoms with Crippen LogP contribution in [0.1, 0.15) is 12.1 Å². The number of nitrogens with zero attached hydrogens (tertiary/aromatic N) is 1. The lowest BCUT2D eigenvalue weighted by molar-refractivity contribution is -0.277. The fourth-order valence-electron chi connectivity index (χ4n) is 0.797. The highest BCUT2D eigenvalue weighted by Gasteiger charge is 2.34. The van der Waals surface area contributed by atoms with Gasteiger partial charge in [0.2, 0.25) is 0 Å². The number of pyridine rings is 1. The second-order valence-corrected chi connectivity index (χ2v) is 3.65. The molecule has 1 aromatic heterocycles. The Balaban J connectivity index is 3.15. The molecule has 0 amide bonds. The van der Waals surface area contributed by atoms with Gasteiger partial charge in [0.1, 0.15) is 5.69 Å². The van der Waals surface area contributed by atoms with Crippen molar-refractivity contribution < 1.29 is 31.1 Å². The summed E-state index contributed by atoms with van der Waals surface area (Å²) in [5.74, 6) is -2.96. The van der Waals surface area contributed by atoms with Gasteiger partial charge in [-0.05, 0) is 28.7 Å². The van der Waals surface area contributed by atoms with Crippen molar-refractivity contribution >= 4 is 22.6 Å². The molecule has 0 radical (unpaired) electrons.